The van der Waals surface area contributed by atoms with Gasteiger partial charge in [-0.2, -0.15) is 0 Å². The molecular formula is C25H23NO3. The number of pyridine rings is 1. The first-order valence-corrected chi connectivity index (χ1v) is 10.0. The Morgan fingerprint density at radius 1 is 1.00 bits per heavy atom. The Morgan fingerprint density at radius 3 is 2.62 bits per heavy atom. The molecule has 0 saturated heterocycles. The number of ether oxygens (including phenoxy) is 2. The molecule has 2 aliphatic rings. The fourth-order valence-electron chi connectivity index (χ4n) is 4.14. The van der Waals surface area contributed by atoms with Gasteiger partial charge in [0.1, 0.15) is 5.78 Å². The van der Waals surface area contributed by atoms with Gasteiger partial charge in [0, 0.05) is 17.7 Å². The minimum absolute atomic E-state index is 0.224. The molecule has 0 bridgehead atoms. The predicted octanol–water partition coefficient (Wildman–Crippen LogP) is 4.94. The van der Waals surface area contributed by atoms with E-state index in [-0.39, 0.29) is 12.6 Å². The zero-order valence-electron chi connectivity index (χ0n) is 16.7. The van der Waals surface area contributed by atoms with Crippen molar-refractivity contribution in [3.05, 3.63) is 77.0 Å². The Labute approximate surface area is 170 Å². The van der Waals surface area contributed by atoms with Crippen LogP contribution >= 0.6 is 0 Å². The number of nitrogens with zero attached hydrogens (tertiary/aromatic N) is 1. The van der Waals surface area contributed by atoms with Gasteiger partial charge in [0.2, 0.25) is 6.79 Å². The van der Waals surface area contributed by atoms with E-state index in [9.17, 15) is 4.79 Å². The van der Waals surface area contributed by atoms with Crippen molar-refractivity contribution in [2.45, 2.75) is 38.5 Å². The second-order valence-electron chi connectivity index (χ2n) is 8.01. The minimum atomic E-state index is -0.405. The SMILES string of the molecule is Cc1cccc(-c2cccc(CC(=O)C3(c4ccc5c(c4)OCO5)CC3)n2)c1C. The molecule has 146 valence electrons. The third kappa shape index (κ3) is 3.09. The molecule has 2 aromatic carbocycles. The van der Waals surface area contributed by atoms with Crippen molar-refractivity contribution in [2.75, 3.05) is 6.79 Å². The summed E-state index contributed by atoms with van der Waals surface area (Å²) in [6.07, 6.45) is 2.09. The van der Waals surface area contributed by atoms with E-state index >= 15 is 0 Å². The number of fused-ring (bicyclic) bond motifs is 1. The molecule has 0 spiro atoms. The maximum atomic E-state index is 13.3. The number of hydrogen-bond donors (Lipinski definition) is 0. The quantitative estimate of drug-likeness (QED) is 0.624. The number of ketones is 1. The van der Waals surface area contributed by atoms with E-state index in [2.05, 4.69) is 32.0 Å². The largest absolute Gasteiger partial charge is 0.454 e. The first-order chi connectivity index (χ1) is 14.1. The highest BCUT2D eigenvalue weighted by Gasteiger charge is 2.50. The van der Waals surface area contributed by atoms with Gasteiger partial charge in [-0.25, -0.2) is 0 Å². The molecule has 0 unspecified atom stereocenters. The molecule has 5 rings (SSSR count). The summed E-state index contributed by atoms with van der Waals surface area (Å²) in [5.41, 5.74) is 5.95. The summed E-state index contributed by atoms with van der Waals surface area (Å²) < 4.78 is 10.9. The molecule has 29 heavy (non-hydrogen) atoms. The van der Waals surface area contributed by atoms with Crippen LogP contribution in [0.3, 0.4) is 0 Å². The Balaban J connectivity index is 1.41. The summed E-state index contributed by atoms with van der Waals surface area (Å²) in [6.45, 7) is 4.46. The van der Waals surface area contributed by atoms with Gasteiger partial charge in [0.05, 0.1) is 11.1 Å². The second-order valence-corrected chi connectivity index (χ2v) is 8.01. The van der Waals surface area contributed by atoms with Crippen LogP contribution in [0.1, 0.15) is 35.2 Å². The first kappa shape index (κ1) is 17.9. The molecule has 1 aromatic heterocycles. The van der Waals surface area contributed by atoms with E-state index in [1.54, 1.807) is 0 Å². The van der Waals surface area contributed by atoms with Gasteiger partial charge in [-0.3, -0.25) is 9.78 Å². The molecule has 1 aliphatic carbocycles. The van der Waals surface area contributed by atoms with Crippen molar-refractivity contribution in [2.24, 2.45) is 0 Å². The lowest BCUT2D eigenvalue weighted by molar-refractivity contribution is -0.120. The average molecular weight is 385 g/mol. The van der Waals surface area contributed by atoms with Crippen molar-refractivity contribution >= 4 is 5.78 Å². The number of benzene rings is 2. The minimum Gasteiger partial charge on any atom is -0.454 e. The van der Waals surface area contributed by atoms with Gasteiger partial charge in [-0.05, 0) is 67.6 Å². The average Bonchev–Trinajstić information content (AvgIpc) is 3.41. The summed E-state index contributed by atoms with van der Waals surface area (Å²) in [5.74, 6) is 1.71. The van der Waals surface area contributed by atoms with Crippen LogP contribution in [0.2, 0.25) is 0 Å². The van der Waals surface area contributed by atoms with Gasteiger partial charge in [0.15, 0.2) is 11.5 Å². The molecule has 2 heterocycles. The van der Waals surface area contributed by atoms with E-state index < -0.39 is 5.41 Å². The molecule has 0 amide bonds. The number of aryl methyl sites for hydroxylation is 1. The number of Topliss-reactive ketones (excluding diaryl/α,β-unsaturated/α-hetero) is 1. The number of aromatic nitrogens is 1. The van der Waals surface area contributed by atoms with Gasteiger partial charge < -0.3 is 9.47 Å². The summed E-state index contributed by atoms with van der Waals surface area (Å²) >= 11 is 0. The van der Waals surface area contributed by atoms with Gasteiger partial charge in [0.25, 0.3) is 0 Å². The zero-order valence-corrected chi connectivity index (χ0v) is 16.7. The third-order valence-electron chi connectivity index (χ3n) is 6.24. The van der Waals surface area contributed by atoms with Gasteiger partial charge in [-0.15, -0.1) is 0 Å². The fraction of sp³-hybridized carbons (Fsp3) is 0.280. The van der Waals surface area contributed by atoms with Crippen LogP contribution < -0.4 is 9.47 Å². The van der Waals surface area contributed by atoms with Crippen molar-refractivity contribution < 1.29 is 14.3 Å². The highest BCUT2D eigenvalue weighted by atomic mass is 16.7. The second kappa shape index (κ2) is 6.73. The molecule has 0 atom stereocenters. The van der Waals surface area contributed by atoms with E-state index in [1.807, 2.05) is 36.4 Å². The van der Waals surface area contributed by atoms with E-state index in [4.69, 9.17) is 14.5 Å². The standard InChI is InChI=1S/C25H23NO3/c1-16-5-3-7-20(17(16)2)21-8-4-6-19(26-21)14-24(27)25(11-12-25)18-9-10-22-23(13-18)29-15-28-22/h3-10,13H,11-12,14-15H2,1-2H3. The number of carbonyl (C=O) groups is 1. The molecule has 0 N–H and O–H groups in total. The fourth-order valence-corrected chi connectivity index (χ4v) is 4.14. The van der Waals surface area contributed by atoms with Crippen molar-refractivity contribution in [3.8, 4) is 22.8 Å². The summed E-state index contributed by atoms with van der Waals surface area (Å²) in [5, 5.41) is 0. The molecule has 3 aromatic rings. The topological polar surface area (TPSA) is 48.4 Å². The molecule has 4 heteroatoms. The lowest BCUT2D eigenvalue weighted by Gasteiger charge is -2.15. The van der Waals surface area contributed by atoms with Crippen molar-refractivity contribution in [1.29, 1.82) is 0 Å². The molecule has 1 aliphatic heterocycles. The van der Waals surface area contributed by atoms with Crippen LogP contribution in [0.15, 0.2) is 54.6 Å². The van der Waals surface area contributed by atoms with Crippen LogP contribution in [0.25, 0.3) is 11.3 Å². The number of carbonyl (C=O) groups excluding carboxylic acids is 1. The smallest absolute Gasteiger partial charge is 0.231 e. The number of hydrogen-bond acceptors (Lipinski definition) is 4. The highest BCUT2D eigenvalue weighted by molar-refractivity contribution is 5.94. The normalized spacial score (nSPS) is 15.9. The Bertz CT molecular complexity index is 1110. The summed E-state index contributed by atoms with van der Waals surface area (Å²) in [7, 11) is 0. The van der Waals surface area contributed by atoms with E-state index in [0.717, 1.165) is 46.9 Å². The van der Waals surface area contributed by atoms with Crippen LogP contribution in [0, 0.1) is 13.8 Å². The molecule has 0 radical (unpaired) electrons. The van der Waals surface area contributed by atoms with Crippen LogP contribution in [-0.2, 0) is 16.6 Å². The Morgan fingerprint density at radius 2 is 1.79 bits per heavy atom. The molecule has 1 saturated carbocycles. The van der Waals surface area contributed by atoms with Crippen molar-refractivity contribution in [1.82, 2.24) is 4.98 Å². The van der Waals surface area contributed by atoms with E-state index in [0.29, 0.717) is 6.42 Å². The lowest BCUT2D eigenvalue weighted by atomic mass is 9.88. The Hall–Kier alpha value is -3.14. The maximum Gasteiger partial charge on any atom is 0.231 e. The highest BCUT2D eigenvalue weighted by Crippen LogP contribution is 2.51. The monoisotopic (exact) mass is 385 g/mol. The first-order valence-electron chi connectivity index (χ1n) is 10.0. The van der Waals surface area contributed by atoms with Crippen LogP contribution in [0.5, 0.6) is 11.5 Å². The zero-order chi connectivity index (χ0) is 20.0. The lowest BCUT2D eigenvalue weighted by Crippen LogP contribution is -2.23. The van der Waals surface area contributed by atoms with Crippen LogP contribution in [-0.4, -0.2) is 17.6 Å². The summed E-state index contributed by atoms with van der Waals surface area (Å²) in [4.78, 5) is 18.1. The molecule has 4 nitrogen and oxygen atoms in total. The van der Waals surface area contributed by atoms with Gasteiger partial charge in [-0.1, -0.05) is 30.3 Å². The van der Waals surface area contributed by atoms with Crippen molar-refractivity contribution in [3.63, 3.8) is 0 Å². The molecule has 1 fully saturated rings. The summed E-state index contributed by atoms with van der Waals surface area (Å²) in [6, 6.07) is 18.1. The Kier molecular flexibility index (Phi) is 4.16. The third-order valence-corrected chi connectivity index (χ3v) is 6.24. The molecular weight excluding hydrogens is 362 g/mol. The maximum absolute atomic E-state index is 13.3. The predicted molar refractivity (Wildman–Crippen MR) is 111 cm³/mol. The van der Waals surface area contributed by atoms with Gasteiger partial charge >= 0.3 is 0 Å². The van der Waals surface area contributed by atoms with E-state index in [1.165, 1.54) is 11.1 Å². The van der Waals surface area contributed by atoms with Crippen LogP contribution in [0.4, 0.5) is 0 Å². The number of rotatable bonds is 5.